The molecular formula is C21H24N2O3. The number of rotatable bonds is 5. The van der Waals surface area contributed by atoms with Crippen LogP contribution in [-0.2, 0) is 9.53 Å². The molecule has 2 aromatic rings. The SMILES string of the molecule is COc1ccc(C)cc1/C=C/C(=O)Nc1ccc(N2CCOCC2)cc1. The molecule has 1 N–H and O–H groups in total. The van der Waals surface area contributed by atoms with E-state index < -0.39 is 0 Å². The molecular weight excluding hydrogens is 328 g/mol. The first kappa shape index (κ1) is 18.0. The van der Waals surface area contributed by atoms with E-state index in [1.807, 2.05) is 49.4 Å². The molecule has 26 heavy (non-hydrogen) atoms. The van der Waals surface area contributed by atoms with Crippen LogP contribution in [0.2, 0.25) is 0 Å². The molecule has 0 radical (unpaired) electrons. The van der Waals surface area contributed by atoms with Gasteiger partial charge in [-0.2, -0.15) is 0 Å². The van der Waals surface area contributed by atoms with E-state index in [2.05, 4.69) is 10.2 Å². The van der Waals surface area contributed by atoms with Gasteiger partial charge in [-0.15, -0.1) is 0 Å². The van der Waals surface area contributed by atoms with Gasteiger partial charge in [-0.3, -0.25) is 4.79 Å². The molecule has 2 aromatic carbocycles. The number of carbonyl (C=O) groups is 1. The first-order valence-corrected chi connectivity index (χ1v) is 8.72. The topological polar surface area (TPSA) is 50.8 Å². The number of carbonyl (C=O) groups excluding carboxylic acids is 1. The van der Waals surface area contributed by atoms with Gasteiger partial charge in [0.1, 0.15) is 5.75 Å². The molecule has 0 aliphatic carbocycles. The van der Waals surface area contributed by atoms with E-state index in [1.54, 1.807) is 13.2 Å². The van der Waals surface area contributed by atoms with Crippen molar-refractivity contribution in [2.75, 3.05) is 43.6 Å². The molecule has 5 nitrogen and oxygen atoms in total. The lowest BCUT2D eigenvalue weighted by Crippen LogP contribution is -2.36. The van der Waals surface area contributed by atoms with Gasteiger partial charge in [0.25, 0.3) is 0 Å². The summed E-state index contributed by atoms with van der Waals surface area (Å²) in [6, 6.07) is 13.7. The molecule has 1 saturated heterocycles. The lowest BCUT2D eigenvalue weighted by Gasteiger charge is -2.28. The highest BCUT2D eigenvalue weighted by atomic mass is 16.5. The van der Waals surface area contributed by atoms with Gasteiger partial charge in [0.05, 0.1) is 20.3 Å². The van der Waals surface area contributed by atoms with Crippen LogP contribution in [-0.4, -0.2) is 39.3 Å². The van der Waals surface area contributed by atoms with Crippen molar-refractivity contribution in [3.05, 3.63) is 59.7 Å². The minimum Gasteiger partial charge on any atom is -0.496 e. The van der Waals surface area contributed by atoms with Gasteiger partial charge >= 0.3 is 0 Å². The van der Waals surface area contributed by atoms with E-state index in [1.165, 1.54) is 6.08 Å². The summed E-state index contributed by atoms with van der Waals surface area (Å²) in [5.41, 5.74) is 3.91. The number of aryl methyl sites for hydroxylation is 1. The zero-order valence-corrected chi connectivity index (χ0v) is 15.2. The van der Waals surface area contributed by atoms with Crippen LogP contribution in [0.3, 0.4) is 0 Å². The van der Waals surface area contributed by atoms with Crippen LogP contribution < -0.4 is 15.0 Å². The number of anilines is 2. The second kappa shape index (κ2) is 8.54. The Balaban J connectivity index is 1.62. The quantitative estimate of drug-likeness (QED) is 0.837. The number of ether oxygens (including phenoxy) is 2. The Hall–Kier alpha value is -2.79. The molecule has 0 atom stereocenters. The summed E-state index contributed by atoms with van der Waals surface area (Å²) < 4.78 is 10.7. The van der Waals surface area contributed by atoms with E-state index in [9.17, 15) is 4.79 Å². The average Bonchev–Trinajstić information content (AvgIpc) is 2.68. The number of nitrogens with one attached hydrogen (secondary N) is 1. The first-order valence-electron chi connectivity index (χ1n) is 8.72. The number of nitrogens with zero attached hydrogens (tertiary/aromatic N) is 1. The molecule has 3 rings (SSSR count). The summed E-state index contributed by atoms with van der Waals surface area (Å²) in [7, 11) is 1.62. The second-order valence-corrected chi connectivity index (χ2v) is 6.21. The normalized spacial score (nSPS) is 14.5. The maximum Gasteiger partial charge on any atom is 0.248 e. The monoisotopic (exact) mass is 352 g/mol. The van der Waals surface area contributed by atoms with E-state index >= 15 is 0 Å². The van der Waals surface area contributed by atoms with Crippen molar-refractivity contribution in [1.82, 2.24) is 0 Å². The Bertz CT molecular complexity index is 778. The van der Waals surface area contributed by atoms with Crippen molar-refractivity contribution in [3.63, 3.8) is 0 Å². The maximum absolute atomic E-state index is 12.2. The fourth-order valence-corrected chi connectivity index (χ4v) is 2.91. The number of morpholine rings is 1. The minimum atomic E-state index is -0.173. The predicted molar refractivity (Wildman–Crippen MR) is 105 cm³/mol. The molecule has 136 valence electrons. The summed E-state index contributed by atoms with van der Waals surface area (Å²) in [4.78, 5) is 14.5. The van der Waals surface area contributed by atoms with Crippen LogP contribution in [0.4, 0.5) is 11.4 Å². The second-order valence-electron chi connectivity index (χ2n) is 6.21. The largest absolute Gasteiger partial charge is 0.496 e. The molecule has 1 fully saturated rings. The molecule has 5 heteroatoms. The summed E-state index contributed by atoms with van der Waals surface area (Å²) in [5, 5.41) is 2.88. The van der Waals surface area contributed by atoms with Crippen LogP contribution in [0.25, 0.3) is 6.08 Å². The number of amides is 1. The van der Waals surface area contributed by atoms with Crippen LogP contribution in [0, 0.1) is 6.92 Å². The van der Waals surface area contributed by atoms with Crippen molar-refractivity contribution in [3.8, 4) is 5.75 Å². The smallest absolute Gasteiger partial charge is 0.248 e. The van der Waals surface area contributed by atoms with Gasteiger partial charge in [0, 0.05) is 36.1 Å². The highest BCUT2D eigenvalue weighted by Crippen LogP contribution is 2.22. The van der Waals surface area contributed by atoms with Crippen LogP contribution in [0.5, 0.6) is 5.75 Å². The molecule has 1 amide bonds. The Morgan fingerprint density at radius 3 is 2.58 bits per heavy atom. The van der Waals surface area contributed by atoms with Crippen LogP contribution >= 0.6 is 0 Å². The molecule has 0 bridgehead atoms. The van der Waals surface area contributed by atoms with E-state index in [4.69, 9.17) is 9.47 Å². The Morgan fingerprint density at radius 1 is 1.15 bits per heavy atom. The van der Waals surface area contributed by atoms with Crippen LogP contribution in [0.15, 0.2) is 48.5 Å². The van der Waals surface area contributed by atoms with Gasteiger partial charge in [-0.05, 0) is 49.4 Å². The molecule has 0 unspecified atom stereocenters. The summed E-state index contributed by atoms with van der Waals surface area (Å²) >= 11 is 0. The zero-order chi connectivity index (χ0) is 18.4. The number of hydrogen-bond acceptors (Lipinski definition) is 4. The van der Waals surface area contributed by atoms with Crippen molar-refractivity contribution in [2.45, 2.75) is 6.92 Å². The summed E-state index contributed by atoms with van der Waals surface area (Å²) in [6.07, 6.45) is 3.29. The molecule has 0 aromatic heterocycles. The van der Waals surface area contributed by atoms with Crippen molar-refractivity contribution >= 4 is 23.4 Å². The van der Waals surface area contributed by atoms with Crippen molar-refractivity contribution < 1.29 is 14.3 Å². The highest BCUT2D eigenvalue weighted by Gasteiger charge is 2.11. The van der Waals surface area contributed by atoms with Gasteiger partial charge in [0.2, 0.25) is 5.91 Å². The molecule has 1 aliphatic rings. The Labute approximate surface area is 154 Å². The Kier molecular flexibility index (Phi) is 5.92. The molecule has 1 aliphatic heterocycles. The molecule has 0 spiro atoms. The Morgan fingerprint density at radius 2 is 1.88 bits per heavy atom. The predicted octanol–water partition coefficient (Wildman–Crippen LogP) is 3.49. The third kappa shape index (κ3) is 4.64. The van der Waals surface area contributed by atoms with Gasteiger partial charge in [-0.25, -0.2) is 0 Å². The maximum atomic E-state index is 12.2. The van der Waals surface area contributed by atoms with Gasteiger partial charge in [0.15, 0.2) is 0 Å². The van der Waals surface area contributed by atoms with Crippen molar-refractivity contribution in [1.29, 1.82) is 0 Å². The fourth-order valence-electron chi connectivity index (χ4n) is 2.91. The lowest BCUT2D eigenvalue weighted by atomic mass is 10.1. The summed E-state index contributed by atoms with van der Waals surface area (Å²) in [6.45, 7) is 5.31. The van der Waals surface area contributed by atoms with E-state index in [0.717, 1.165) is 54.6 Å². The molecule has 0 saturated carbocycles. The number of benzene rings is 2. The number of methoxy groups -OCH3 is 1. The summed E-state index contributed by atoms with van der Waals surface area (Å²) in [5.74, 6) is 0.571. The first-order chi connectivity index (χ1) is 12.7. The lowest BCUT2D eigenvalue weighted by molar-refractivity contribution is -0.111. The third-order valence-corrected chi connectivity index (χ3v) is 4.31. The van der Waals surface area contributed by atoms with E-state index in [0.29, 0.717) is 0 Å². The molecule has 1 heterocycles. The zero-order valence-electron chi connectivity index (χ0n) is 15.2. The standard InChI is InChI=1S/C21H24N2O3/c1-16-3-9-20(25-2)17(15-16)4-10-21(24)22-18-5-7-19(8-6-18)23-11-13-26-14-12-23/h3-10,15H,11-14H2,1-2H3,(H,22,24)/b10-4+. The third-order valence-electron chi connectivity index (χ3n) is 4.31. The van der Waals surface area contributed by atoms with Gasteiger partial charge in [-0.1, -0.05) is 11.6 Å². The fraction of sp³-hybridized carbons (Fsp3) is 0.286. The highest BCUT2D eigenvalue weighted by molar-refractivity contribution is 6.02. The van der Waals surface area contributed by atoms with Gasteiger partial charge < -0.3 is 19.7 Å². The van der Waals surface area contributed by atoms with Crippen molar-refractivity contribution in [2.24, 2.45) is 0 Å². The van der Waals surface area contributed by atoms with Crippen LogP contribution in [0.1, 0.15) is 11.1 Å². The van der Waals surface area contributed by atoms with E-state index in [-0.39, 0.29) is 5.91 Å². The minimum absolute atomic E-state index is 0.173. The number of hydrogen-bond donors (Lipinski definition) is 1. The average molecular weight is 352 g/mol.